The number of amides is 1. The molecule has 4 rings (SSSR count). The number of rotatable bonds is 5. The lowest BCUT2D eigenvalue weighted by Gasteiger charge is -2.31. The van der Waals surface area contributed by atoms with Crippen molar-refractivity contribution in [3.63, 3.8) is 0 Å². The first-order valence-electron chi connectivity index (χ1n) is 10.5. The maximum absolute atomic E-state index is 13.6. The van der Waals surface area contributed by atoms with E-state index in [1.54, 1.807) is 0 Å². The summed E-state index contributed by atoms with van der Waals surface area (Å²) >= 11 is 0. The Hall–Kier alpha value is -2.18. The molecular weight excluding hydrogens is 366 g/mol. The van der Waals surface area contributed by atoms with Crippen molar-refractivity contribution >= 4 is 5.91 Å². The summed E-state index contributed by atoms with van der Waals surface area (Å²) < 4.78 is 13.6. The Morgan fingerprint density at radius 2 is 2.07 bits per heavy atom. The Balaban J connectivity index is 1.52. The molecule has 0 unspecified atom stereocenters. The first kappa shape index (κ1) is 20.1. The summed E-state index contributed by atoms with van der Waals surface area (Å²) in [6, 6.07) is 10.5. The maximum Gasteiger partial charge on any atom is 0.226 e. The van der Waals surface area contributed by atoms with Gasteiger partial charge in [-0.3, -0.25) is 9.48 Å². The zero-order valence-electron chi connectivity index (χ0n) is 17.9. The highest BCUT2D eigenvalue weighted by atomic mass is 16.7. The van der Waals surface area contributed by atoms with Gasteiger partial charge in [0.2, 0.25) is 5.91 Å². The Bertz CT molecular complexity index is 889. The highest BCUT2D eigenvalue weighted by Gasteiger charge is 2.36. The molecule has 1 aromatic carbocycles. The van der Waals surface area contributed by atoms with Crippen LogP contribution in [0.3, 0.4) is 0 Å². The summed E-state index contributed by atoms with van der Waals surface area (Å²) in [5.74, 6) is -0.382. The maximum atomic E-state index is 13.6. The minimum Gasteiger partial charge on any atom is -0.348 e. The van der Waals surface area contributed by atoms with E-state index in [-0.39, 0.29) is 17.9 Å². The molecule has 29 heavy (non-hydrogen) atoms. The molecular formula is C23H31N3O3. The van der Waals surface area contributed by atoms with Gasteiger partial charge in [0, 0.05) is 19.5 Å². The Kier molecular flexibility index (Phi) is 5.49. The van der Waals surface area contributed by atoms with Gasteiger partial charge in [0.1, 0.15) is 6.10 Å². The average molecular weight is 398 g/mol. The van der Waals surface area contributed by atoms with E-state index in [0.29, 0.717) is 19.7 Å². The number of aromatic nitrogens is 2. The van der Waals surface area contributed by atoms with Crippen molar-refractivity contribution < 1.29 is 14.3 Å². The Labute approximate surface area is 172 Å². The third-order valence-electron chi connectivity index (χ3n) is 5.95. The van der Waals surface area contributed by atoms with E-state index >= 15 is 0 Å². The minimum absolute atomic E-state index is 0.00885. The summed E-state index contributed by atoms with van der Waals surface area (Å²) in [6.45, 7) is 7.39. The Morgan fingerprint density at radius 1 is 1.31 bits per heavy atom. The smallest absolute Gasteiger partial charge is 0.226 e. The largest absolute Gasteiger partial charge is 0.348 e. The van der Waals surface area contributed by atoms with Crippen molar-refractivity contribution in [2.24, 2.45) is 13.0 Å². The fourth-order valence-electron chi connectivity index (χ4n) is 4.51. The molecule has 156 valence electrons. The second-order valence-electron chi connectivity index (χ2n) is 8.78. The van der Waals surface area contributed by atoms with Gasteiger partial charge in [0.05, 0.1) is 24.5 Å². The van der Waals surface area contributed by atoms with E-state index in [0.717, 1.165) is 30.7 Å². The number of ether oxygens (including phenoxy) is 2. The zero-order valence-corrected chi connectivity index (χ0v) is 17.9. The van der Waals surface area contributed by atoms with Crippen LogP contribution in [0, 0.1) is 12.8 Å². The number of hydrogen-bond acceptors (Lipinski definition) is 4. The minimum atomic E-state index is -0.591. The fraction of sp³-hybridized carbons (Fsp3) is 0.565. The molecule has 1 aliphatic carbocycles. The summed E-state index contributed by atoms with van der Waals surface area (Å²) in [5.41, 5.74) is 4.67. The number of carbonyl (C=O) groups is 1. The van der Waals surface area contributed by atoms with Crippen molar-refractivity contribution in [1.29, 1.82) is 0 Å². The quantitative estimate of drug-likeness (QED) is 0.778. The lowest BCUT2D eigenvalue weighted by atomic mass is 9.83. The van der Waals surface area contributed by atoms with Crippen LogP contribution in [-0.2, 0) is 40.7 Å². The van der Waals surface area contributed by atoms with Gasteiger partial charge < -0.3 is 14.4 Å². The molecule has 1 aliphatic heterocycles. The molecule has 6 heteroatoms. The van der Waals surface area contributed by atoms with Gasteiger partial charge in [0.15, 0.2) is 5.79 Å². The predicted molar refractivity (Wildman–Crippen MR) is 110 cm³/mol. The number of nitrogens with zero attached hydrogens (tertiary/aromatic N) is 3. The summed E-state index contributed by atoms with van der Waals surface area (Å²) in [6.07, 6.45) is 2.55. The number of aryl methyl sites for hydroxylation is 3. The van der Waals surface area contributed by atoms with E-state index in [9.17, 15) is 4.79 Å². The predicted octanol–water partition coefficient (Wildman–Crippen LogP) is 3.01. The molecule has 0 radical (unpaired) electrons. The van der Waals surface area contributed by atoms with Gasteiger partial charge in [-0.15, -0.1) is 0 Å². The first-order valence-corrected chi connectivity index (χ1v) is 10.5. The second kappa shape index (κ2) is 7.92. The van der Waals surface area contributed by atoms with E-state index in [4.69, 9.17) is 9.47 Å². The molecule has 1 fully saturated rings. The van der Waals surface area contributed by atoms with Gasteiger partial charge in [-0.05, 0) is 57.2 Å². The summed E-state index contributed by atoms with van der Waals surface area (Å²) in [7, 11) is 1.93. The number of fused-ring (bicyclic) bond motifs is 1. The lowest BCUT2D eigenvalue weighted by Crippen LogP contribution is -2.43. The van der Waals surface area contributed by atoms with Crippen LogP contribution in [0.25, 0.3) is 0 Å². The normalized spacial score (nSPS) is 23.0. The topological polar surface area (TPSA) is 56.6 Å². The van der Waals surface area contributed by atoms with Gasteiger partial charge in [-0.1, -0.05) is 24.3 Å². The van der Waals surface area contributed by atoms with Crippen LogP contribution in [0.1, 0.15) is 42.8 Å². The molecule has 0 saturated carbocycles. The molecule has 0 N–H and O–H groups in total. The van der Waals surface area contributed by atoms with E-state index in [1.807, 2.05) is 43.5 Å². The van der Waals surface area contributed by atoms with Gasteiger partial charge in [-0.2, -0.15) is 5.10 Å². The lowest BCUT2D eigenvalue weighted by molar-refractivity contribution is -0.149. The first-order chi connectivity index (χ1) is 13.8. The van der Waals surface area contributed by atoms with Gasteiger partial charge >= 0.3 is 0 Å². The molecule has 6 nitrogen and oxygen atoms in total. The van der Waals surface area contributed by atoms with E-state index < -0.39 is 5.79 Å². The van der Waals surface area contributed by atoms with E-state index in [1.165, 1.54) is 11.1 Å². The molecule has 2 heterocycles. The molecule has 0 bridgehead atoms. The van der Waals surface area contributed by atoms with Crippen LogP contribution in [0.2, 0.25) is 0 Å². The molecule has 1 amide bonds. The van der Waals surface area contributed by atoms with Crippen molar-refractivity contribution in [2.75, 3.05) is 13.2 Å². The molecule has 1 saturated heterocycles. The van der Waals surface area contributed by atoms with Crippen LogP contribution in [0.4, 0.5) is 0 Å². The zero-order chi connectivity index (χ0) is 20.6. The molecule has 2 atom stereocenters. The molecule has 1 aromatic heterocycles. The second-order valence-corrected chi connectivity index (χ2v) is 8.78. The molecule has 2 aromatic rings. The van der Waals surface area contributed by atoms with Gasteiger partial charge in [-0.25, -0.2) is 0 Å². The monoisotopic (exact) mass is 397 g/mol. The number of carbonyl (C=O) groups excluding carboxylic acids is 1. The standard InChI is InChI=1S/C23H31N3O3/c1-16-11-20(25(4)24-16)13-26(14-21-15-28-23(2,3)29-21)22(27)19-10-9-17-7-5-6-8-18(17)12-19/h5-8,11,19,21H,9-10,12-15H2,1-4H3/t19-,21-/m0/s1. The highest BCUT2D eigenvalue weighted by Crippen LogP contribution is 2.29. The summed E-state index contributed by atoms with van der Waals surface area (Å²) in [4.78, 5) is 15.5. The Morgan fingerprint density at radius 3 is 2.72 bits per heavy atom. The number of hydrogen-bond donors (Lipinski definition) is 0. The third-order valence-corrected chi connectivity index (χ3v) is 5.95. The van der Waals surface area contributed by atoms with Crippen LogP contribution in [0.5, 0.6) is 0 Å². The van der Waals surface area contributed by atoms with Crippen molar-refractivity contribution in [1.82, 2.24) is 14.7 Å². The van der Waals surface area contributed by atoms with Crippen molar-refractivity contribution in [3.05, 3.63) is 52.8 Å². The van der Waals surface area contributed by atoms with Crippen LogP contribution >= 0.6 is 0 Å². The molecule has 2 aliphatic rings. The van der Waals surface area contributed by atoms with Gasteiger partial charge in [0.25, 0.3) is 0 Å². The summed E-state index contributed by atoms with van der Waals surface area (Å²) in [5, 5.41) is 4.44. The van der Waals surface area contributed by atoms with Crippen LogP contribution < -0.4 is 0 Å². The van der Waals surface area contributed by atoms with Crippen molar-refractivity contribution in [2.45, 2.75) is 58.5 Å². The fourth-order valence-corrected chi connectivity index (χ4v) is 4.51. The average Bonchev–Trinajstić information content (AvgIpc) is 3.20. The van der Waals surface area contributed by atoms with Crippen molar-refractivity contribution in [3.8, 4) is 0 Å². The number of benzene rings is 1. The highest BCUT2D eigenvalue weighted by molar-refractivity contribution is 5.79. The third kappa shape index (κ3) is 4.54. The SMILES string of the molecule is Cc1cc(CN(C[C@H]2COC(C)(C)O2)C(=O)[C@H]2CCc3ccccc3C2)n(C)n1. The van der Waals surface area contributed by atoms with Crippen LogP contribution in [0.15, 0.2) is 30.3 Å². The van der Waals surface area contributed by atoms with Crippen LogP contribution in [-0.4, -0.2) is 45.6 Å². The van der Waals surface area contributed by atoms with E-state index in [2.05, 4.69) is 29.4 Å². The molecule has 0 spiro atoms.